The van der Waals surface area contributed by atoms with Gasteiger partial charge in [0, 0.05) is 17.6 Å². The number of tetrazole rings is 1. The molecule has 1 atom stereocenters. The molecule has 1 N–H and O–H groups in total. The highest BCUT2D eigenvalue weighted by atomic mass is 19.1. The fourth-order valence-corrected chi connectivity index (χ4v) is 3.77. The number of nitrogens with zero attached hydrogens (tertiary/aromatic N) is 5. The van der Waals surface area contributed by atoms with Crippen LogP contribution < -0.4 is 14.8 Å². The topological polar surface area (TPSA) is 111 Å². The van der Waals surface area contributed by atoms with Gasteiger partial charge in [-0.25, -0.2) is 4.39 Å². The van der Waals surface area contributed by atoms with Gasteiger partial charge in [0.15, 0.2) is 11.5 Å². The maximum absolute atomic E-state index is 13.5. The van der Waals surface area contributed by atoms with Crippen LogP contribution in [0.25, 0.3) is 11.4 Å². The summed E-state index contributed by atoms with van der Waals surface area (Å²) in [5, 5.41) is 15.4. The maximum Gasteiger partial charge on any atom is 0.247 e. The SMILES string of the molecule is CCC(C(=O)NC(C)(C)C)N(Cc1ccc(F)cc1)C(=O)Cn1nnc(-c2ccc(OC)c(OC)c2)n1. The van der Waals surface area contributed by atoms with Gasteiger partial charge in [-0.05, 0) is 68.3 Å². The Hall–Kier alpha value is -4.02. The lowest BCUT2D eigenvalue weighted by molar-refractivity contribution is -0.142. The monoisotopic (exact) mass is 512 g/mol. The maximum atomic E-state index is 13.5. The number of nitrogens with one attached hydrogen (secondary N) is 1. The molecule has 0 spiro atoms. The Kier molecular flexibility index (Phi) is 8.80. The molecule has 0 aliphatic rings. The van der Waals surface area contributed by atoms with E-state index >= 15 is 0 Å². The second-order valence-corrected chi connectivity index (χ2v) is 9.52. The quantitative estimate of drug-likeness (QED) is 0.444. The van der Waals surface area contributed by atoms with Crippen molar-refractivity contribution in [3.05, 3.63) is 53.8 Å². The first kappa shape index (κ1) is 27.6. The van der Waals surface area contributed by atoms with Gasteiger partial charge in [-0.3, -0.25) is 9.59 Å². The Labute approximate surface area is 215 Å². The van der Waals surface area contributed by atoms with Crippen LogP contribution in [0.4, 0.5) is 4.39 Å². The van der Waals surface area contributed by atoms with Gasteiger partial charge in [0.1, 0.15) is 18.4 Å². The molecule has 2 aromatic carbocycles. The molecule has 0 saturated carbocycles. The van der Waals surface area contributed by atoms with Crippen molar-refractivity contribution in [2.45, 2.75) is 58.8 Å². The number of halogens is 1. The summed E-state index contributed by atoms with van der Waals surface area (Å²) in [5.74, 6) is 0.336. The number of aromatic nitrogens is 4. The number of methoxy groups -OCH3 is 2. The van der Waals surface area contributed by atoms with E-state index in [4.69, 9.17) is 9.47 Å². The van der Waals surface area contributed by atoms with E-state index in [1.165, 1.54) is 28.9 Å². The van der Waals surface area contributed by atoms with E-state index in [9.17, 15) is 14.0 Å². The predicted octanol–water partition coefficient (Wildman–Crippen LogP) is 3.22. The molecule has 37 heavy (non-hydrogen) atoms. The van der Waals surface area contributed by atoms with Gasteiger partial charge in [-0.2, -0.15) is 4.80 Å². The summed E-state index contributed by atoms with van der Waals surface area (Å²) in [5.41, 5.74) is 0.849. The normalized spacial score (nSPS) is 12.1. The minimum absolute atomic E-state index is 0.117. The standard InChI is InChI=1S/C26H33FN6O4/c1-7-20(25(35)28-26(2,3)4)32(15-17-8-11-19(27)12-9-17)23(34)16-33-30-24(29-31-33)18-10-13-21(36-5)22(14-18)37-6/h8-14,20H,7,15-16H2,1-6H3,(H,28,35). The second kappa shape index (κ2) is 11.8. The molecule has 1 heterocycles. The fourth-order valence-electron chi connectivity index (χ4n) is 3.77. The van der Waals surface area contributed by atoms with Crippen LogP contribution in [0.5, 0.6) is 11.5 Å². The first-order chi connectivity index (χ1) is 17.5. The van der Waals surface area contributed by atoms with Gasteiger partial charge in [-0.1, -0.05) is 19.1 Å². The zero-order valence-electron chi connectivity index (χ0n) is 22.0. The van der Waals surface area contributed by atoms with Gasteiger partial charge in [0.2, 0.25) is 17.6 Å². The lowest BCUT2D eigenvalue weighted by Crippen LogP contribution is -2.54. The zero-order valence-corrected chi connectivity index (χ0v) is 22.0. The molecule has 3 aromatic rings. The van der Waals surface area contributed by atoms with E-state index in [0.717, 1.165) is 0 Å². The lowest BCUT2D eigenvalue weighted by atomic mass is 10.1. The summed E-state index contributed by atoms with van der Waals surface area (Å²) < 4.78 is 24.0. The van der Waals surface area contributed by atoms with Gasteiger partial charge in [0.25, 0.3) is 0 Å². The number of hydrogen-bond acceptors (Lipinski definition) is 7. The van der Waals surface area contributed by atoms with E-state index in [1.54, 1.807) is 37.4 Å². The van der Waals surface area contributed by atoms with Crippen LogP contribution in [0.3, 0.4) is 0 Å². The molecule has 0 fully saturated rings. The Morgan fingerprint density at radius 3 is 2.35 bits per heavy atom. The van der Waals surface area contributed by atoms with E-state index in [1.807, 2.05) is 27.7 Å². The number of hydrogen-bond donors (Lipinski definition) is 1. The summed E-state index contributed by atoms with van der Waals surface area (Å²) in [6.07, 6.45) is 0.385. The zero-order chi connectivity index (χ0) is 27.2. The average molecular weight is 513 g/mol. The van der Waals surface area contributed by atoms with Gasteiger partial charge in [-0.15, -0.1) is 10.2 Å². The molecule has 3 rings (SSSR count). The van der Waals surface area contributed by atoms with Crippen molar-refractivity contribution in [3.8, 4) is 22.9 Å². The number of benzene rings is 2. The molecule has 2 amide bonds. The Morgan fingerprint density at radius 1 is 1.08 bits per heavy atom. The molecule has 1 unspecified atom stereocenters. The highest BCUT2D eigenvalue weighted by Crippen LogP contribution is 2.30. The molecule has 0 saturated heterocycles. The van der Waals surface area contributed by atoms with Crippen molar-refractivity contribution in [2.75, 3.05) is 14.2 Å². The molecular formula is C26H33FN6O4. The lowest BCUT2D eigenvalue weighted by Gasteiger charge is -2.33. The molecule has 0 bridgehead atoms. The first-order valence-electron chi connectivity index (χ1n) is 11.9. The van der Waals surface area contributed by atoms with Crippen molar-refractivity contribution in [3.63, 3.8) is 0 Å². The minimum Gasteiger partial charge on any atom is -0.493 e. The van der Waals surface area contributed by atoms with Crippen molar-refractivity contribution < 1.29 is 23.5 Å². The van der Waals surface area contributed by atoms with Gasteiger partial charge in [0.05, 0.1) is 14.2 Å². The number of ether oxygens (including phenoxy) is 2. The van der Waals surface area contributed by atoms with Crippen LogP contribution in [-0.4, -0.2) is 62.7 Å². The van der Waals surface area contributed by atoms with Crippen LogP contribution in [0, 0.1) is 5.82 Å². The summed E-state index contributed by atoms with van der Waals surface area (Å²) >= 11 is 0. The molecule has 1 aromatic heterocycles. The molecule has 0 aliphatic carbocycles. The molecule has 0 aliphatic heterocycles. The smallest absolute Gasteiger partial charge is 0.247 e. The molecule has 10 nitrogen and oxygen atoms in total. The Balaban J connectivity index is 1.85. The number of carbonyl (C=O) groups excluding carboxylic acids is 2. The number of amides is 2. The molecule has 198 valence electrons. The Morgan fingerprint density at radius 2 is 1.76 bits per heavy atom. The van der Waals surface area contributed by atoms with Crippen LogP contribution in [0.1, 0.15) is 39.7 Å². The van der Waals surface area contributed by atoms with E-state index < -0.39 is 11.6 Å². The molecular weight excluding hydrogens is 479 g/mol. The van der Waals surface area contributed by atoms with Crippen LogP contribution >= 0.6 is 0 Å². The number of carbonyl (C=O) groups is 2. The Bertz CT molecular complexity index is 1220. The highest BCUT2D eigenvalue weighted by Gasteiger charge is 2.31. The number of rotatable bonds is 10. The van der Waals surface area contributed by atoms with Crippen molar-refractivity contribution in [1.29, 1.82) is 0 Å². The van der Waals surface area contributed by atoms with E-state index in [-0.39, 0.29) is 30.7 Å². The molecule has 0 radical (unpaired) electrons. The van der Waals surface area contributed by atoms with Crippen LogP contribution in [-0.2, 0) is 22.7 Å². The largest absolute Gasteiger partial charge is 0.493 e. The van der Waals surface area contributed by atoms with Gasteiger partial charge < -0.3 is 19.7 Å². The summed E-state index contributed by atoms with van der Waals surface area (Å²) in [4.78, 5) is 29.2. The van der Waals surface area contributed by atoms with Crippen LogP contribution in [0.2, 0.25) is 0 Å². The highest BCUT2D eigenvalue weighted by molar-refractivity contribution is 5.88. The predicted molar refractivity (Wildman–Crippen MR) is 135 cm³/mol. The summed E-state index contributed by atoms with van der Waals surface area (Å²) in [7, 11) is 3.07. The molecule has 11 heteroatoms. The van der Waals surface area contributed by atoms with E-state index in [0.29, 0.717) is 34.9 Å². The third-order valence-electron chi connectivity index (χ3n) is 5.52. The van der Waals surface area contributed by atoms with E-state index in [2.05, 4.69) is 20.7 Å². The van der Waals surface area contributed by atoms with Crippen molar-refractivity contribution in [1.82, 2.24) is 30.4 Å². The fraction of sp³-hybridized carbons (Fsp3) is 0.423. The van der Waals surface area contributed by atoms with Crippen LogP contribution in [0.15, 0.2) is 42.5 Å². The minimum atomic E-state index is -0.745. The van der Waals surface area contributed by atoms with Gasteiger partial charge >= 0.3 is 0 Å². The van der Waals surface area contributed by atoms with Crippen molar-refractivity contribution in [2.24, 2.45) is 0 Å². The first-order valence-corrected chi connectivity index (χ1v) is 11.9. The van der Waals surface area contributed by atoms with Crippen molar-refractivity contribution >= 4 is 11.8 Å². The summed E-state index contributed by atoms with van der Waals surface area (Å²) in [6, 6.07) is 10.3. The third kappa shape index (κ3) is 7.25. The summed E-state index contributed by atoms with van der Waals surface area (Å²) in [6.45, 7) is 7.34. The average Bonchev–Trinajstić information content (AvgIpc) is 3.31. The third-order valence-corrected chi connectivity index (χ3v) is 5.52. The second-order valence-electron chi connectivity index (χ2n) is 9.52.